The normalized spacial score (nSPS) is 16.8. The third-order valence-electron chi connectivity index (χ3n) is 6.16. The van der Waals surface area contributed by atoms with Crippen molar-refractivity contribution < 1.29 is 28.4 Å². The summed E-state index contributed by atoms with van der Waals surface area (Å²) in [6.07, 6.45) is 1.24. The predicted octanol–water partition coefficient (Wildman–Crippen LogP) is 4.72. The molecule has 3 rings (SSSR count). The van der Waals surface area contributed by atoms with Crippen LogP contribution in [0.1, 0.15) is 54.7 Å². The summed E-state index contributed by atoms with van der Waals surface area (Å²) in [7, 11) is 0.625. The molecule has 8 heteroatoms. The van der Waals surface area contributed by atoms with E-state index in [9.17, 15) is 9.59 Å². The summed E-state index contributed by atoms with van der Waals surface area (Å²) in [5, 5.41) is 2.78. The first-order valence-electron chi connectivity index (χ1n) is 11.2. The molecule has 0 radical (unpaired) electrons. The number of methoxy groups -OCH3 is 1. The highest BCUT2D eigenvalue weighted by atomic mass is 16.7. The molecule has 34 heavy (non-hydrogen) atoms. The fraction of sp³-hybridized carbons (Fsp3) is 0.385. The molecule has 1 aliphatic heterocycles. The molecule has 0 bridgehead atoms. The minimum Gasteiger partial charge on any atom is -0.465 e. The summed E-state index contributed by atoms with van der Waals surface area (Å²) >= 11 is 0. The van der Waals surface area contributed by atoms with Gasteiger partial charge in [0.25, 0.3) is 0 Å². The number of esters is 1. The standard InChI is InChI=1S/C26H32BNO6/c1-18-12-13-22(23(29)31-6)20(14-18)15-21(27-33-25(2,3)26(4,5)34-27)16-28-24(30)32-17-19-10-8-7-9-11-19/h7-15H,16-17H2,1-6H3,(H,28,30). The summed E-state index contributed by atoms with van der Waals surface area (Å²) in [6.45, 7) is 10.0. The van der Waals surface area contributed by atoms with Crippen molar-refractivity contribution in [2.24, 2.45) is 0 Å². The molecular weight excluding hydrogens is 433 g/mol. The van der Waals surface area contributed by atoms with E-state index >= 15 is 0 Å². The number of hydrogen-bond acceptors (Lipinski definition) is 6. The van der Waals surface area contributed by atoms with Crippen LogP contribution in [0.3, 0.4) is 0 Å². The van der Waals surface area contributed by atoms with E-state index in [0.29, 0.717) is 16.6 Å². The Morgan fingerprint density at radius 3 is 2.29 bits per heavy atom. The van der Waals surface area contributed by atoms with Crippen LogP contribution in [0.5, 0.6) is 0 Å². The van der Waals surface area contributed by atoms with Gasteiger partial charge in [0.1, 0.15) is 6.61 Å². The second-order valence-electron chi connectivity index (χ2n) is 9.31. The van der Waals surface area contributed by atoms with E-state index in [0.717, 1.165) is 11.1 Å². The molecular formula is C26H32BNO6. The number of hydrogen-bond donors (Lipinski definition) is 1. The van der Waals surface area contributed by atoms with Crippen LogP contribution in [0.2, 0.25) is 0 Å². The highest BCUT2D eigenvalue weighted by Crippen LogP contribution is 2.39. The topological polar surface area (TPSA) is 83.1 Å². The Kier molecular flexibility index (Phi) is 7.84. The second kappa shape index (κ2) is 10.4. The Hall–Kier alpha value is -3.10. The van der Waals surface area contributed by atoms with Gasteiger partial charge in [-0.1, -0.05) is 54.1 Å². The Balaban J connectivity index is 1.84. The van der Waals surface area contributed by atoms with Gasteiger partial charge in [-0.05, 0) is 57.3 Å². The van der Waals surface area contributed by atoms with Crippen molar-refractivity contribution in [3.63, 3.8) is 0 Å². The minimum absolute atomic E-state index is 0.110. The average Bonchev–Trinajstić information content (AvgIpc) is 3.02. The summed E-state index contributed by atoms with van der Waals surface area (Å²) in [6, 6.07) is 14.9. The smallest absolute Gasteiger partial charge is 0.465 e. The zero-order chi connectivity index (χ0) is 24.9. The maximum absolute atomic E-state index is 12.4. The van der Waals surface area contributed by atoms with Gasteiger partial charge in [-0.15, -0.1) is 0 Å². The molecule has 1 aliphatic rings. The lowest BCUT2D eigenvalue weighted by Crippen LogP contribution is -2.41. The molecule has 0 unspecified atom stereocenters. The number of rotatable bonds is 7. The average molecular weight is 465 g/mol. The maximum atomic E-state index is 12.4. The van der Waals surface area contributed by atoms with Crippen LogP contribution in [-0.2, 0) is 25.4 Å². The fourth-order valence-corrected chi connectivity index (χ4v) is 3.44. The van der Waals surface area contributed by atoms with Gasteiger partial charge >= 0.3 is 19.2 Å². The second-order valence-corrected chi connectivity index (χ2v) is 9.31. The number of carbonyl (C=O) groups is 2. The van der Waals surface area contributed by atoms with Crippen LogP contribution in [-0.4, -0.2) is 44.0 Å². The van der Waals surface area contributed by atoms with Crippen LogP contribution < -0.4 is 5.32 Å². The van der Waals surface area contributed by atoms with Crippen molar-refractivity contribution in [1.82, 2.24) is 5.32 Å². The van der Waals surface area contributed by atoms with Gasteiger partial charge in [0.05, 0.1) is 23.9 Å². The van der Waals surface area contributed by atoms with Gasteiger partial charge in [-0.2, -0.15) is 0 Å². The van der Waals surface area contributed by atoms with Crippen LogP contribution >= 0.6 is 0 Å². The van der Waals surface area contributed by atoms with E-state index in [1.807, 2.05) is 77.1 Å². The Bertz CT molecular complexity index is 1050. The minimum atomic E-state index is -0.717. The number of benzene rings is 2. The largest absolute Gasteiger partial charge is 0.492 e. The van der Waals surface area contributed by atoms with E-state index < -0.39 is 30.4 Å². The number of aryl methyl sites for hydroxylation is 1. The van der Waals surface area contributed by atoms with Crippen molar-refractivity contribution in [2.45, 2.75) is 52.4 Å². The lowest BCUT2D eigenvalue weighted by molar-refractivity contribution is 0.00578. The first kappa shape index (κ1) is 25.5. The molecule has 180 valence electrons. The highest BCUT2D eigenvalue weighted by molar-refractivity contribution is 6.56. The molecule has 1 amide bonds. The summed E-state index contributed by atoms with van der Waals surface area (Å²) < 4.78 is 22.7. The summed E-state index contributed by atoms with van der Waals surface area (Å²) in [4.78, 5) is 24.7. The number of amides is 1. The molecule has 2 aromatic carbocycles. The Morgan fingerprint density at radius 1 is 1.03 bits per heavy atom. The van der Waals surface area contributed by atoms with E-state index in [1.54, 1.807) is 12.1 Å². The quantitative estimate of drug-likeness (QED) is 0.471. The van der Waals surface area contributed by atoms with Crippen molar-refractivity contribution in [2.75, 3.05) is 13.7 Å². The predicted molar refractivity (Wildman–Crippen MR) is 131 cm³/mol. The van der Waals surface area contributed by atoms with Gasteiger partial charge in [0.15, 0.2) is 0 Å². The highest BCUT2D eigenvalue weighted by Gasteiger charge is 2.52. The molecule has 0 atom stereocenters. The van der Waals surface area contributed by atoms with Crippen LogP contribution in [0, 0.1) is 6.92 Å². The van der Waals surface area contributed by atoms with Crippen LogP contribution in [0.15, 0.2) is 54.0 Å². The SMILES string of the molecule is COC(=O)c1ccc(C)cc1C=C(CNC(=O)OCc1ccccc1)B1OC(C)(C)C(C)(C)O1. The molecule has 0 aliphatic carbocycles. The zero-order valence-corrected chi connectivity index (χ0v) is 20.6. The van der Waals surface area contributed by atoms with Gasteiger partial charge in [-0.25, -0.2) is 9.59 Å². The van der Waals surface area contributed by atoms with Crippen molar-refractivity contribution in [1.29, 1.82) is 0 Å². The molecule has 2 aromatic rings. The third-order valence-corrected chi connectivity index (χ3v) is 6.16. The molecule has 1 N–H and O–H groups in total. The van der Waals surface area contributed by atoms with Gasteiger partial charge in [0.2, 0.25) is 0 Å². The molecule has 7 nitrogen and oxygen atoms in total. The zero-order valence-electron chi connectivity index (χ0n) is 20.6. The van der Waals surface area contributed by atoms with E-state index in [-0.39, 0.29) is 13.2 Å². The number of ether oxygens (including phenoxy) is 2. The first-order valence-corrected chi connectivity index (χ1v) is 11.2. The first-order chi connectivity index (χ1) is 16.0. The van der Waals surface area contributed by atoms with Crippen LogP contribution in [0.4, 0.5) is 4.79 Å². The summed E-state index contributed by atoms with van der Waals surface area (Å²) in [5.41, 5.74) is 2.44. The Labute approximate surface area is 201 Å². The third kappa shape index (κ3) is 6.07. The number of alkyl carbamates (subject to hydrolysis) is 1. The monoisotopic (exact) mass is 465 g/mol. The van der Waals surface area contributed by atoms with Gasteiger partial charge in [0, 0.05) is 6.54 Å². The number of carbonyl (C=O) groups excluding carboxylic acids is 2. The lowest BCUT2D eigenvalue weighted by Gasteiger charge is -2.32. The van der Waals surface area contributed by atoms with Gasteiger partial charge < -0.3 is 24.1 Å². The lowest BCUT2D eigenvalue weighted by atomic mass is 9.76. The molecule has 1 saturated heterocycles. The number of nitrogens with one attached hydrogen (secondary N) is 1. The van der Waals surface area contributed by atoms with Gasteiger partial charge in [-0.3, -0.25) is 0 Å². The van der Waals surface area contributed by atoms with E-state index in [4.69, 9.17) is 18.8 Å². The van der Waals surface area contributed by atoms with Crippen molar-refractivity contribution in [3.05, 3.63) is 76.3 Å². The van der Waals surface area contributed by atoms with Crippen molar-refractivity contribution >= 4 is 25.3 Å². The molecule has 1 heterocycles. The maximum Gasteiger partial charge on any atom is 0.492 e. The fourth-order valence-electron chi connectivity index (χ4n) is 3.44. The van der Waals surface area contributed by atoms with Crippen LogP contribution in [0.25, 0.3) is 6.08 Å². The molecule has 0 saturated carbocycles. The molecule has 0 spiro atoms. The molecule has 1 fully saturated rings. The van der Waals surface area contributed by atoms with E-state index in [1.165, 1.54) is 7.11 Å². The van der Waals surface area contributed by atoms with E-state index in [2.05, 4.69) is 5.32 Å². The Morgan fingerprint density at radius 2 is 1.68 bits per heavy atom. The molecule has 0 aromatic heterocycles. The van der Waals surface area contributed by atoms with Crippen molar-refractivity contribution in [3.8, 4) is 0 Å². The summed E-state index contributed by atoms with van der Waals surface area (Å²) in [5.74, 6) is -0.449.